The van der Waals surface area contributed by atoms with Gasteiger partial charge in [-0.3, -0.25) is 4.79 Å². The van der Waals surface area contributed by atoms with Gasteiger partial charge in [0, 0.05) is 11.1 Å². The molecule has 0 saturated heterocycles. The molecule has 0 radical (unpaired) electrons. The number of carbonyl (C=O) groups excluding carboxylic acids is 1. The van der Waals surface area contributed by atoms with Gasteiger partial charge in [-0.25, -0.2) is 0 Å². The molecule has 1 aromatic heterocycles. The van der Waals surface area contributed by atoms with Crippen molar-refractivity contribution in [1.82, 2.24) is 0 Å². The summed E-state index contributed by atoms with van der Waals surface area (Å²) in [5.74, 6) is 0.821. The van der Waals surface area contributed by atoms with Crippen molar-refractivity contribution in [1.29, 1.82) is 0 Å². The highest BCUT2D eigenvalue weighted by Crippen LogP contribution is 2.31. The minimum absolute atomic E-state index is 0.0835. The molecule has 0 atom stereocenters. The summed E-state index contributed by atoms with van der Waals surface area (Å²) in [6.45, 7) is 2.57. The lowest BCUT2D eigenvalue weighted by atomic mass is 10.0. The predicted octanol–water partition coefficient (Wildman–Crippen LogP) is 4.75. The first-order valence-electron chi connectivity index (χ1n) is 7.33. The van der Waals surface area contributed by atoms with E-state index < -0.39 is 0 Å². The van der Waals surface area contributed by atoms with Gasteiger partial charge in [-0.2, -0.15) is 0 Å². The predicted molar refractivity (Wildman–Crippen MR) is 92.5 cm³/mol. The first-order valence-corrected chi connectivity index (χ1v) is 8.21. The van der Waals surface area contributed by atoms with Gasteiger partial charge in [0.25, 0.3) is 0 Å². The van der Waals surface area contributed by atoms with Gasteiger partial charge < -0.3 is 9.84 Å². The van der Waals surface area contributed by atoms with Gasteiger partial charge in [-0.05, 0) is 48.2 Å². The molecule has 0 bridgehead atoms. The van der Waals surface area contributed by atoms with Crippen molar-refractivity contribution in [2.24, 2.45) is 0 Å². The molecule has 0 aliphatic carbocycles. The summed E-state index contributed by atoms with van der Waals surface area (Å²) in [4.78, 5) is 13.4. The van der Waals surface area contributed by atoms with Crippen molar-refractivity contribution in [3.05, 3.63) is 70.4 Å². The lowest BCUT2D eigenvalue weighted by Crippen LogP contribution is -2.00. The highest BCUT2D eigenvalue weighted by Gasteiger charge is 2.17. The molecule has 23 heavy (non-hydrogen) atoms. The van der Waals surface area contributed by atoms with Crippen molar-refractivity contribution in [3.63, 3.8) is 0 Å². The van der Waals surface area contributed by atoms with E-state index in [1.54, 1.807) is 18.2 Å². The van der Waals surface area contributed by atoms with Gasteiger partial charge >= 0.3 is 0 Å². The van der Waals surface area contributed by atoms with Crippen LogP contribution in [-0.4, -0.2) is 17.5 Å². The van der Waals surface area contributed by atoms with Crippen LogP contribution in [0.5, 0.6) is 11.5 Å². The quantitative estimate of drug-likeness (QED) is 0.689. The fraction of sp³-hybridized carbons (Fsp3) is 0.105. The van der Waals surface area contributed by atoms with Crippen LogP contribution in [0.2, 0.25) is 0 Å². The largest absolute Gasteiger partial charge is 0.508 e. The van der Waals surface area contributed by atoms with Gasteiger partial charge in [0.15, 0.2) is 0 Å². The van der Waals surface area contributed by atoms with E-state index in [1.165, 1.54) is 17.4 Å². The van der Waals surface area contributed by atoms with Gasteiger partial charge in [0.2, 0.25) is 5.78 Å². The number of hydrogen-bond acceptors (Lipinski definition) is 4. The third-order valence-electron chi connectivity index (χ3n) is 3.46. The number of hydrogen-bond donors (Lipinski definition) is 1. The van der Waals surface area contributed by atoms with Gasteiger partial charge in [-0.15, -0.1) is 11.3 Å². The van der Waals surface area contributed by atoms with Crippen molar-refractivity contribution in [3.8, 4) is 22.6 Å². The van der Waals surface area contributed by atoms with Crippen LogP contribution in [0.1, 0.15) is 22.2 Å². The molecule has 1 heterocycles. The molecule has 2 aromatic carbocycles. The average Bonchev–Trinajstić information content (AvgIpc) is 3.05. The standard InChI is InChI=1S/C19H16O3S/c1-2-22-16-8-6-13(7-9-16)17-10-11-23-19(17)18(21)14-4-3-5-15(20)12-14/h3-12,20H,2H2,1H3. The van der Waals surface area contributed by atoms with E-state index in [0.717, 1.165) is 16.9 Å². The number of carbonyl (C=O) groups is 1. The van der Waals surface area contributed by atoms with Crippen LogP contribution >= 0.6 is 11.3 Å². The highest BCUT2D eigenvalue weighted by atomic mass is 32.1. The van der Waals surface area contributed by atoms with Crippen LogP contribution in [0.25, 0.3) is 11.1 Å². The van der Waals surface area contributed by atoms with E-state index >= 15 is 0 Å². The SMILES string of the molecule is CCOc1ccc(-c2ccsc2C(=O)c2cccc(O)c2)cc1. The number of rotatable bonds is 5. The maximum atomic E-state index is 12.7. The third kappa shape index (κ3) is 3.27. The summed E-state index contributed by atoms with van der Waals surface area (Å²) in [6.07, 6.45) is 0. The number of phenolic OH excluding ortho intramolecular Hbond substituents is 1. The lowest BCUT2D eigenvalue weighted by Gasteiger charge is -2.06. The van der Waals surface area contributed by atoms with Gasteiger partial charge in [0.05, 0.1) is 11.5 Å². The zero-order chi connectivity index (χ0) is 16.2. The number of ether oxygens (including phenoxy) is 1. The summed E-state index contributed by atoms with van der Waals surface area (Å²) in [5, 5.41) is 11.5. The van der Waals surface area contributed by atoms with Crippen LogP contribution < -0.4 is 4.74 Å². The molecule has 0 fully saturated rings. The topological polar surface area (TPSA) is 46.5 Å². The molecule has 3 rings (SSSR count). The Morgan fingerprint density at radius 1 is 1.13 bits per heavy atom. The number of thiophene rings is 1. The van der Waals surface area contributed by atoms with Crippen LogP contribution in [0.15, 0.2) is 60.0 Å². The van der Waals surface area contributed by atoms with Crippen molar-refractivity contribution in [2.75, 3.05) is 6.61 Å². The molecular weight excluding hydrogens is 308 g/mol. The summed E-state index contributed by atoms with van der Waals surface area (Å²) in [5.41, 5.74) is 2.35. The second-order valence-corrected chi connectivity index (χ2v) is 5.92. The molecule has 0 amide bonds. The molecule has 0 saturated carbocycles. The van der Waals surface area contributed by atoms with Gasteiger partial charge in [-0.1, -0.05) is 24.3 Å². The van der Waals surface area contributed by atoms with Crippen LogP contribution in [0, 0.1) is 0 Å². The van der Waals surface area contributed by atoms with E-state index in [4.69, 9.17) is 4.74 Å². The molecule has 0 aliphatic heterocycles. The summed E-state index contributed by atoms with van der Waals surface area (Å²) < 4.78 is 5.45. The molecule has 116 valence electrons. The van der Waals surface area contributed by atoms with Crippen molar-refractivity contribution in [2.45, 2.75) is 6.92 Å². The maximum absolute atomic E-state index is 12.7. The Morgan fingerprint density at radius 3 is 2.61 bits per heavy atom. The number of ketones is 1. The summed E-state index contributed by atoms with van der Waals surface area (Å²) in [6, 6.07) is 16.1. The van der Waals surface area contributed by atoms with E-state index in [0.29, 0.717) is 17.0 Å². The number of benzene rings is 2. The molecule has 0 unspecified atom stereocenters. The molecule has 3 nitrogen and oxygen atoms in total. The first-order chi connectivity index (χ1) is 11.2. The van der Waals surface area contributed by atoms with Gasteiger partial charge in [0.1, 0.15) is 11.5 Å². The van der Waals surface area contributed by atoms with Crippen molar-refractivity contribution >= 4 is 17.1 Å². The maximum Gasteiger partial charge on any atom is 0.203 e. The molecule has 0 spiro atoms. The summed E-state index contributed by atoms with van der Waals surface area (Å²) in [7, 11) is 0. The zero-order valence-corrected chi connectivity index (χ0v) is 13.5. The highest BCUT2D eigenvalue weighted by molar-refractivity contribution is 7.12. The Kier molecular flexibility index (Phi) is 4.44. The Labute approximate surface area is 138 Å². The molecule has 4 heteroatoms. The minimum Gasteiger partial charge on any atom is -0.508 e. The molecule has 3 aromatic rings. The minimum atomic E-state index is -0.0835. The Bertz CT molecular complexity index is 819. The monoisotopic (exact) mass is 324 g/mol. The first kappa shape index (κ1) is 15.3. The number of phenols is 1. The summed E-state index contributed by atoms with van der Waals surface area (Å²) >= 11 is 1.41. The smallest absolute Gasteiger partial charge is 0.203 e. The normalized spacial score (nSPS) is 10.5. The van der Waals surface area contributed by atoms with Crippen LogP contribution in [0.3, 0.4) is 0 Å². The zero-order valence-electron chi connectivity index (χ0n) is 12.7. The second-order valence-electron chi connectivity index (χ2n) is 5.00. The number of aromatic hydroxyl groups is 1. The molecule has 1 N–H and O–H groups in total. The Hall–Kier alpha value is -2.59. The molecule has 0 aliphatic rings. The van der Waals surface area contributed by atoms with Crippen LogP contribution in [-0.2, 0) is 0 Å². The lowest BCUT2D eigenvalue weighted by molar-refractivity contribution is 0.104. The fourth-order valence-electron chi connectivity index (χ4n) is 2.39. The molecular formula is C19H16O3S. The van der Waals surface area contributed by atoms with Crippen LogP contribution in [0.4, 0.5) is 0 Å². The van der Waals surface area contributed by atoms with E-state index in [-0.39, 0.29) is 11.5 Å². The fourth-order valence-corrected chi connectivity index (χ4v) is 3.27. The van der Waals surface area contributed by atoms with E-state index in [9.17, 15) is 9.90 Å². The third-order valence-corrected chi connectivity index (χ3v) is 4.37. The van der Waals surface area contributed by atoms with E-state index in [2.05, 4.69) is 0 Å². The Balaban J connectivity index is 1.94. The Morgan fingerprint density at radius 2 is 1.91 bits per heavy atom. The van der Waals surface area contributed by atoms with Crippen molar-refractivity contribution < 1.29 is 14.6 Å². The average molecular weight is 324 g/mol. The van der Waals surface area contributed by atoms with E-state index in [1.807, 2.05) is 42.6 Å². The second kappa shape index (κ2) is 6.67.